The van der Waals surface area contributed by atoms with E-state index in [4.69, 9.17) is 4.42 Å². The molecular weight excluding hydrogens is 332 g/mol. The van der Waals surface area contributed by atoms with E-state index in [9.17, 15) is 14.7 Å². The van der Waals surface area contributed by atoms with E-state index >= 15 is 0 Å². The van der Waals surface area contributed by atoms with Crippen LogP contribution in [0.1, 0.15) is 30.7 Å². The Bertz CT molecular complexity index is 830. The molecule has 3 unspecified atom stereocenters. The molecule has 2 aliphatic rings. The summed E-state index contributed by atoms with van der Waals surface area (Å²) in [6, 6.07) is 8.83. The van der Waals surface area contributed by atoms with Crippen LogP contribution < -0.4 is 0 Å². The molecule has 1 amide bonds. The number of benzene rings is 1. The predicted molar refractivity (Wildman–Crippen MR) is 94.3 cm³/mol. The van der Waals surface area contributed by atoms with E-state index in [0.29, 0.717) is 29.8 Å². The summed E-state index contributed by atoms with van der Waals surface area (Å²) in [5.41, 5.74) is 1.43. The van der Waals surface area contributed by atoms with Crippen molar-refractivity contribution in [3.05, 3.63) is 41.8 Å². The number of nitrogens with zero attached hydrogens (tertiary/aromatic N) is 2. The first kappa shape index (κ1) is 16.8. The average molecular weight is 354 g/mol. The predicted octanol–water partition coefficient (Wildman–Crippen LogP) is 2.90. The van der Waals surface area contributed by atoms with Gasteiger partial charge in [0.15, 0.2) is 0 Å². The zero-order chi connectivity index (χ0) is 18.3. The van der Waals surface area contributed by atoms with Crippen molar-refractivity contribution in [3.63, 3.8) is 0 Å². The van der Waals surface area contributed by atoms with Crippen LogP contribution in [0.2, 0.25) is 0 Å². The Kier molecular flexibility index (Phi) is 4.26. The van der Waals surface area contributed by atoms with Crippen LogP contribution in [0.15, 0.2) is 34.7 Å². The molecule has 0 spiro atoms. The van der Waals surface area contributed by atoms with Crippen LogP contribution in [-0.4, -0.2) is 39.5 Å². The third kappa shape index (κ3) is 2.89. The maximum atomic E-state index is 12.8. The minimum absolute atomic E-state index is 0.0748. The number of carboxylic acids is 1. The number of fused-ring (bicyclic) bond motifs is 1. The number of amides is 1. The Hall–Kier alpha value is -2.63. The molecule has 1 N–H and O–H groups in total. The lowest BCUT2D eigenvalue weighted by Crippen LogP contribution is -2.44. The number of carbonyl (C=O) groups is 2. The van der Waals surface area contributed by atoms with Crippen LogP contribution >= 0.6 is 0 Å². The number of aromatic nitrogens is 1. The summed E-state index contributed by atoms with van der Waals surface area (Å²) in [4.78, 5) is 30.6. The lowest BCUT2D eigenvalue weighted by Gasteiger charge is -2.24. The van der Waals surface area contributed by atoms with Crippen molar-refractivity contribution >= 4 is 11.9 Å². The molecule has 0 radical (unpaired) electrons. The first-order chi connectivity index (χ1) is 12.5. The monoisotopic (exact) mass is 354 g/mol. The topological polar surface area (TPSA) is 83.6 Å². The normalized spacial score (nSPS) is 24.7. The van der Waals surface area contributed by atoms with Gasteiger partial charge in [-0.15, -0.1) is 0 Å². The minimum atomic E-state index is -0.894. The Labute approximate surface area is 151 Å². The summed E-state index contributed by atoms with van der Waals surface area (Å²) in [6.45, 7) is 2.33. The highest BCUT2D eigenvalue weighted by molar-refractivity contribution is 5.86. The number of aryl methyl sites for hydroxylation is 1. The zero-order valence-corrected chi connectivity index (χ0v) is 14.7. The molecule has 1 aromatic heterocycles. The third-order valence-corrected chi connectivity index (χ3v) is 5.70. The van der Waals surface area contributed by atoms with Gasteiger partial charge in [-0.25, -0.2) is 9.78 Å². The fourth-order valence-electron chi connectivity index (χ4n) is 4.42. The van der Waals surface area contributed by atoms with Gasteiger partial charge in [0.05, 0.1) is 12.1 Å². The summed E-state index contributed by atoms with van der Waals surface area (Å²) in [7, 11) is 0. The van der Waals surface area contributed by atoms with Crippen molar-refractivity contribution in [1.29, 1.82) is 0 Å². The van der Waals surface area contributed by atoms with Gasteiger partial charge in [-0.3, -0.25) is 4.79 Å². The first-order valence-corrected chi connectivity index (χ1v) is 9.08. The molecule has 2 aromatic rings. The highest BCUT2D eigenvalue weighted by atomic mass is 16.4. The maximum absolute atomic E-state index is 12.8. The smallest absolute Gasteiger partial charge is 0.326 e. The standard InChI is InChI=1S/C20H22N2O4/c1-12-16(21-19(26-12)13-6-3-2-4-7-13)10-17(23)22-11-14-8-5-9-15(14)18(22)20(24)25/h2-4,6-7,14-15,18H,5,8-11H2,1H3,(H,24,25). The Morgan fingerprint density at radius 3 is 2.77 bits per heavy atom. The van der Waals surface area contributed by atoms with Crippen LogP contribution in [0.4, 0.5) is 0 Å². The first-order valence-electron chi connectivity index (χ1n) is 9.08. The molecule has 0 bridgehead atoms. The van der Waals surface area contributed by atoms with Crippen molar-refractivity contribution in [2.75, 3.05) is 6.54 Å². The van der Waals surface area contributed by atoms with E-state index in [-0.39, 0.29) is 18.2 Å². The van der Waals surface area contributed by atoms with Gasteiger partial charge in [-0.1, -0.05) is 24.6 Å². The molecule has 6 nitrogen and oxygen atoms in total. The molecule has 6 heteroatoms. The summed E-state index contributed by atoms with van der Waals surface area (Å²) in [6.07, 6.45) is 3.04. The van der Waals surface area contributed by atoms with Crippen molar-refractivity contribution in [1.82, 2.24) is 9.88 Å². The van der Waals surface area contributed by atoms with Gasteiger partial charge < -0.3 is 14.4 Å². The number of carboxylic acid groups (broad SMARTS) is 1. The quantitative estimate of drug-likeness (QED) is 0.913. The molecule has 1 saturated heterocycles. The van der Waals surface area contributed by atoms with Crippen LogP contribution in [0.25, 0.3) is 11.5 Å². The van der Waals surface area contributed by atoms with Gasteiger partial charge in [-0.2, -0.15) is 0 Å². The lowest BCUT2D eigenvalue weighted by atomic mass is 9.94. The second-order valence-corrected chi connectivity index (χ2v) is 7.25. The number of rotatable bonds is 4. The molecule has 2 heterocycles. The molecule has 2 fully saturated rings. The van der Waals surface area contributed by atoms with Crippen molar-refractivity contribution in [2.45, 2.75) is 38.6 Å². The Morgan fingerprint density at radius 1 is 1.27 bits per heavy atom. The van der Waals surface area contributed by atoms with E-state index in [0.717, 1.165) is 24.8 Å². The highest BCUT2D eigenvalue weighted by Crippen LogP contribution is 2.42. The van der Waals surface area contributed by atoms with Gasteiger partial charge in [0, 0.05) is 12.1 Å². The van der Waals surface area contributed by atoms with E-state index in [1.54, 1.807) is 11.8 Å². The molecule has 4 rings (SSSR count). The fourth-order valence-corrected chi connectivity index (χ4v) is 4.42. The zero-order valence-electron chi connectivity index (χ0n) is 14.7. The van der Waals surface area contributed by atoms with Crippen molar-refractivity contribution in [3.8, 4) is 11.5 Å². The second-order valence-electron chi connectivity index (χ2n) is 7.25. The molecule has 1 aliphatic carbocycles. The van der Waals surface area contributed by atoms with Crippen molar-refractivity contribution < 1.29 is 19.1 Å². The van der Waals surface area contributed by atoms with Gasteiger partial charge >= 0.3 is 5.97 Å². The molecule has 3 atom stereocenters. The van der Waals surface area contributed by atoms with E-state index in [1.165, 1.54) is 0 Å². The van der Waals surface area contributed by atoms with Crippen molar-refractivity contribution in [2.24, 2.45) is 11.8 Å². The summed E-state index contributed by atoms with van der Waals surface area (Å²) >= 11 is 0. The number of aliphatic carboxylic acids is 1. The Balaban J connectivity index is 1.53. The minimum Gasteiger partial charge on any atom is -0.480 e. The van der Waals surface area contributed by atoms with E-state index in [1.807, 2.05) is 30.3 Å². The summed E-state index contributed by atoms with van der Waals surface area (Å²) in [5, 5.41) is 9.63. The molecule has 26 heavy (non-hydrogen) atoms. The number of likely N-dealkylation sites (tertiary alicyclic amines) is 1. The SMILES string of the molecule is Cc1oc(-c2ccccc2)nc1CC(=O)N1CC2CCCC2C1C(=O)O. The second kappa shape index (κ2) is 6.59. The third-order valence-electron chi connectivity index (χ3n) is 5.70. The molecule has 1 aliphatic heterocycles. The van der Waals surface area contributed by atoms with Crippen LogP contribution in [-0.2, 0) is 16.0 Å². The maximum Gasteiger partial charge on any atom is 0.326 e. The molecule has 1 aromatic carbocycles. The van der Waals surface area contributed by atoms with Crippen LogP contribution in [0, 0.1) is 18.8 Å². The summed E-state index contributed by atoms with van der Waals surface area (Å²) in [5.74, 6) is 0.424. The van der Waals surface area contributed by atoms with E-state index < -0.39 is 12.0 Å². The molecule has 1 saturated carbocycles. The van der Waals surface area contributed by atoms with Gasteiger partial charge in [0.25, 0.3) is 0 Å². The number of hydrogen-bond acceptors (Lipinski definition) is 4. The van der Waals surface area contributed by atoms with Gasteiger partial charge in [-0.05, 0) is 43.7 Å². The number of carbonyl (C=O) groups excluding carboxylic acids is 1. The van der Waals surface area contributed by atoms with Crippen LogP contribution in [0.3, 0.4) is 0 Å². The average Bonchev–Trinajstić information content (AvgIpc) is 3.30. The largest absolute Gasteiger partial charge is 0.480 e. The van der Waals surface area contributed by atoms with Crippen LogP contribution in [0.5, 0.6) is 0 Å². The van der Waals surface area contributed by atoms with Gasteiger partial charge in [0.1, 0.15) is 11.8 Å². The molecule has 136 valence electrons. The summed E-state index contributed by atoms with van der Waals surface area (Å²) < 4.78 is 5.71. The van der Waals surface area contributed by atoms with E-state index in [2.05, 4.69) is 4.98 Å². The number of oxazole rings is 1. The number of hydrogen-bond donors (Lipinski definition) is 1. The highest BCUT2D eigenvalue weighted by Gasteiger charge is 2.49. The Morgan fingerprint density at radius 2 is 2.04 bits per heavy atom. The molecular formula is C20H22N2O4. The lowest BCUT2D eigenvalue weighted by molar-refractivity contribution is -0.149. The fraction of sp³-hybridized carbons (Fsp3) is 0.450. The van der Waals surface area contributed by atoms with Gasteiger partial charge in [0.2, 0.25) is 11.8 Å².